The van der Waals surface area contributed by atoms with Gasteiger partial charge in [0.1, 0.15) is 17.1 Å². The van der Waals surface area contributed by atoms with Crippen molar-refractivity contribution in [3.63, 3.8) is 0 Å². The number of rotatable bonds is 9. The predicted molar refractivity (Wildman–Crippen MR) is 134 cm³/mol. The van der Waals surface area contributed by atoms with Crippen molar-refractivity contribution in [1.82, 2.24) is 5.32 Å². The van der Waals surface area contributed by atoms with Gasteiger partial charge in [-0.2, -0.15) is 0 Å². The first-order valence-electron chi connectivity index (χ1n) is 12.0. The van der Waals surface area contributed by atoms with Gasteiger partial charge in [-0.3, -0.25) is 0 Å². The molecule has 0 aliphatic carbocycles. The average molecular weight is 472 g/mol. The van der Waals surface area contributed by atoms with Crippen molar-refractivity contribution in [2.24, 2.45) is 0 Å². The number of benzene rings is 3. The van der Waals surface area contributed by atoms with E-state index in [9.17, 15) is 9.90 Å². The van der Waals surface area contributed by atoms with Gasteiger partial charge in [0, 0.05) is 18.9 Å². The van der Waals surface area contributed by atoms with Gasteiger partial charge in [-0.05, 0) is 59.1 Å². The topological polar surface area (TPSA) is 80.9 Å². The number of carboxylic acid groups (broad SMARTS) is 1. The molecule has 35 heavy (non-hydrogen) atoms. The van der Waals surface area contributed by atoms with Crippen LogP contribution in [0, 0.1) is 0 Å². The van der Waals surface area contributed by atoms with E-state index < -0.39 is 5.97 Å². The molecule has 1 fully saturated rings. The monoisotopic (exact) mass is 471 g/mol. The first-order valence-corrected chi connectivity index (χ1v) is 12.0. The van der Waals surface area contributed by atoms with E-state index >= 15 is 0 Å². The fourth-order valence-corrected chi connectivity index (χ4v) is 4.72. The highest BCUT2D eigenvalue weighted by Crippen LogP contribution is 2.30. The van der Waals surface area contributed by atoms with Crippen molar-refractivity contribution in [3.05, 3.63) is 102 Å². The van der Waals surface area contributed by atoms with Crippen LogP contribution in [0.1, 0.15) is 39.6 Å². The highest BCUT2D eigenvalue weighted by Gasteiger charge is 2.27. The van der Waals surface area contributed by atoms with Crippen LogP contribution in [-0.4, -0.2) is 36.9 Å². The number of ether oxygens (including phenoxy) is 2. The maximum absolute atomic E-state index is 11.2. The second-order valence-electron chi connectivity index (χ2n) is 8.86. The van der Waals surface area contributed by atoms with Crippen LogP contribution in [0.4, 0.5) is 0 Å². The lowest BCUT2D eigenvalue weighted by molar-refractivity contribution is 0.0106. The zero-order chi connectivity index (χ0) is 24.0. The molecule has 2 atom stereocenters. The molecule has 180 valence electrons. The molecular weight excluding hydrogens is 442 g/mol. The third kappa shape index (κ3) is 5.56. The van der Waals surface area contributed by atoms with Crippen LogP contribution in [0.15, 0.2) is 83.5 Å². The quantitative estimate of drug-likeness (QED) is 0.340. The Bertz CT molecular complexity index is 1280. The number of hydrogen-bond donors (Lipinski definition) is 2. The number of fused-ring (bicyclic) bond motifs is 1. The molecule has 1 saturated heterocycles. The Morgan fingerprint density at radius 2 is 1.86 bits per heavy atom. The first kappa shape index (κ1) is 23.1. The zero-order valence-electron chi connectivity index (χ0n) is 19.5. The number of piperidine rings is 1. The predicted octanol–water partition coefficient (Wildman–Crippen LogP) is 5.41. The Balaban J connectivity index is 1.18. The van der Waals surface area contributed by atoms with Gasteiger partial charge in [0.2, 0.25) is 0 Å². The molecule has 1 aliphatic heterocycles. The lowest BCUT2D eigenvalue weighted by Crippen LogP contribution is -2.40. The fraction of sp³-hybridized carbons (Fsp3) is 0.276. The van der Waals surface area contributed by atoms with E-state index in [-0.39, 0.29) is 11.7 Å². The Morgan fingerprint density at radius 1 is 1.03 bits per heavy atom. The summed E-state index contributed by atoms with van der Waals surface area (Å²) in [4.78, 5) is 11.2. The average Bonchev–Trinajstić information content (AvgIpc) is 3.37. The van der Waals surface area contributed by atoms with Crippen molar-refractivity contribution in [2.75, 3.05) is 19.7 Å². The lowest BCUT2D eigenvalue weighted by atomic mass is 9.87. The van der Waals surface area contributed by atoms with Gasteiger partial charge in [0.15, 0.2) is 0 Å². The Morgan fingerprint density at radius 3 is 2.69 bits per heavy atom. The lowest BCUT2D eigenvalue weighted by Gasteiger charge is -2.32. The molecule has 5 rings (SSSR count). The van der Waals surface area contributed by atoms with E-state index in [0.717, 1.165) is 25.3 Å². The van der Waals surface area contributed by atoms with Crippen LogP contribution in [0.3, 0.4) is 0 Å². The summed E-state index contributed by atoms with van der Waals surface area (Å²) in [5.41, 5.74) is 2.60. The number of aromatic carboxylic acids is 1. The molecule has 2 unspecified atom stereocenters. The molecule has 2 N–H and O–H groups in total. The second kappa shape index (κ2) is 10.8. The maximum atomic E-state index is 11.2. The van der Waals surface area contributed by atoms with Crippen LogP contribution < -0.4 is 10.1 Å². The Kier molecular flexibility index (Phi) is 7.12. The number of carbonyl (C=O) groups is 1. The van der Waals surface area contributed by atoms with E-state index in [1.807, 2.05) is 12.1 Å². The molecule has 0 bridgehead atoms. The van der Waals surface area contributed by atoms with E-state index in [4.69, 9.17) is 13.9 Å². The molecular formula is C29H29NO5. The molecule has 0 saturated carbocycles. The molecule has 4 aromatic rings. The van der Waals surface area contributed by atoms with Gasteiger partial charge >= 0.3 is 5.97 Å². The smallest absolute Gasteiger partial charge is 0.339 e. The van der Waals surface area contributed by atoms with Crippen molar-refractivity contribution >= 4 is 16.7 Å². The molecule has 1 aromatic heterocycles. The summed E-state index contributed by atoms with van der Waals surface area (Å²) in [7, 11) is 0. The summed E-state index contributed by atoms with van der Waals surface area (Å²) in [6.07, 6.45) is 2.90. The van der Waals surface area contributed by atoms with Gasteiger partial charge in [0.25, 0.3) is 0 Å². The first-order chi connectivity index (χ1) is 17.2. The summed E-state index contributed by atoms with van der Waals surface area (Å²) >= 11 is 0. The van der Waals surface area contributed by atoms with Crippen molar-refractivity contribution in [1.29, 1.82) is 0 Å². The zero-order valence-corrected chi connectivity index (χ0v) is 19.5. The minimum Gasteiger partial charge on any atom is -0.493 e. The molecule has 0 radical (unpaired) electrons. The second-order valence-corrected chi connectivity index (χ2v) is 8.86. The van der Waals surface area contributed by atoms with Gasteiger partial charge in [0.05, 0.1) is 25.6 Å². The van der Waals surface area contributed by atoms with Gasteiger partial charge in [-0.1, -0.05) is 48.5 Å². The molecule has 3 aromatic carbocycles. The highest BCUT2D eigenvalue weighted by atomic mass is 16.5. The van der Waals surface area contributed by atoms with Crippen LogP contribution >= 0.6 is 0 Å². The summed E-state index contributed by atoms with van der Waals surface area (Å²) in [6.45, 7) is 2.72. The van der Waals surface area contributed by atoms with Crippen LogP contribution in [0.5, 0.6) is 5.75 Å². The summed E-state index contributed by atoms with van der Waals surface area (Å²) in [5.74, 6) is 0.499. The number of carboxylic acids is 1. The number of nitrogens with one attached hydrogen (secondary N) is 1. The van der Waals surface area contributed by atoms with E-state index in [1.165, 1.54) is 34.2 Å². The minimum atomic E-state index is -0.988. The SMILES string of the molecule is O=C(O)c1ccoc1CCOc1ccc(C2CCNCC2OCc2ccc3ccccc3c2)cc1. The van der Waals surface area contributed by atoms with Gasteiger partial charge < -0.3 is 24.3 Å². The van der Waals surface area contributed by atoms with Crippen molar-refractivity contribution in [3.8, 4) is 5.75 Å². The van der Waals surface area contributed by atoms with Crippen molar-refractivity contribution < 1.29 is 23.8 Å². The van der Waals surface area contributed by atoms with Crippen LogP contribution in [-0.2, 0) is 17.8 Å². The highest BCUT2D eigenvalue weighted by molar-refractivity contribution is 5.88. The number of furan rings is 1. The largest absolute Gasteiger partial charge is 0.493 e. The third-order valence-electron chi connectivity index (χ3n) is 6.59. The van der Waals surface area contributed by atoms with Gasteiger partial charge in [-0.25, -0.2) is 4.79 Å². The van der Waals surface area contributed by atoms with E-state index in [2.05, 4.69) is 59.9 Å². The normalized spacial score (nSPS) is 17.9. The molecule has 1 aliphatic rings. The minimum absolute atomic E-state index is 0.0929. The third-order valence-corrected chi connectivity index (χ3v) is 6.59. The summed E-state index contributed by atoms with van der Waals surface area (Å²) in [6, 6.07) is 24.5. The molecule has 6 heteroatoms. The number of hydrogen-bond acceptors (Lipinski definition) is 5. The summed E-state index contributed by atoms with van der Waals surface area (Å²) in [5, 5.41) is 15.1. The molecule has 0 spiro atoms. The van der Waals surface area contributed by atoms with Crippen LogP contribution in [0.25, 0.3) is 10.8 Å². The van der Waals surface area contributed by atoms with Gasteiger partial charge in [-0.15, -0.1) is 0 Å². The van der Waals surface area contributed by atoms with Crippen LogP contribution in [0.2, 0.25) is 0 Å². The Hall–Kier alpha value is -3.61. The maximum Gasteiger partial charge on any atom is 0.339 e. The fourth-order valence-electron chi connectivity index (χ4n) is 4.72. The molecule has 0 amide bonds. The standard InChI is InChI=1S/C29H29NO5/c31-29(32)26-12-15-34-27(26)13-16-33-24-9-7-22(8-10-24)25-11-14-30-18-28(25)35-19-20-5-6-21-3-1-2-4-23(21)17-20/h1-10,12,15,17,25,28,30H,11,13-14,16,18-19H2,(H,31,32). The summed E-state index contributed by atoms with van der Waals surface area (Å²) < 4.78 is 17.5. The van der Waals surface area contributed by atoms with E-state index in [0.29, 0.717) is 31.3 Å². The van der Waals surface area contributed by atoms with E-state index in [1.54, 1.807) is 0 Å². The Labute approximate surface area is 204 Å². The molecule has 6 nitrogen and oxygen atoms in total. The van der Waals surface area contributed by atoms with Crippen molar-refractivity contribution in [2.45, 2.75) is 31.5 Å². The molecule has 2 heterocycles.